The number of carboxylic acid groups (broad SMARTS) is 4. The zero-order valence-electron chi connectivity index (χ0n) is 11.1. The molecule has 0 heterocycles. The molecule has 0 saturated carbocycles. The fourth-order valence-corrected chi connectivity index (χ4v) is 2.88. The van der Waals surface area contributed by atoms with Crippen LogP contribution in [0, 0.1) is 0 Å². The first-order valence-electron chi connectivity index (χ1n) is 6.34. The molecule has 0 aromatic heterocycles. The summed E-state index contributed by atoms with van der Waals surface area (Å²) in [5.41, 5.74) is -1.20. The van der Waals surface area contributed by atoms with E-state index < -0.39 is 35.7 Å². The predicted octanol–water partition coefficient (Wildman–Crippen LogP) is 1.21. The van der Waals surface area contributed by atoms with Crippen molar-refractivity contribution in [3.05, 3.63) is 34.4 Å². The first-order chi connectivity index (χ1) is 10.3. The first kappa shape index (κ1) is 15.5. The van der Waals surface area contributed by atoms with Crippen LogP contribution in [0.3, 0.4) is 0 Å². The zero-order valence-corrected chi connectivity index (χ0v) is 11.1. The van der Waals surface area contributed by atoms with E-state index in [2.05, 4.69) is 0 Å². The van der Waals surface area contributed by atoms with E-state index in [0.717, 1.165) is 12.1 Å². The van der Waals surface area contributed by atoms with Gasteiger partial charge in [0.15, 0.2) is 0 Å². The molecule has 0 fully saturated rings. The number of hydrogen-bond acceptors (Lipinski definition) is 4. The summed E-state index contributed by atoms with van der Waals surface area (Å²) < 4.78 is 0. The quantitative estimate of drug-likeness (QED) is 0.648. The molecule has 1 aliphatic rings. The summed E-state index contributed by atoms with van der Waals surface area (Å²) in [4.78, 5) is 45.3. The van der Waals surface area contributed by atoms with Crippen LogP contribution in [0.2, 0.25) is 0 Å². The van der Waals surface area contributed by atoms with E-state index in [9.17, 15) is 39.6 Å². The van der Waals surface area contributed by atoms with Crippen molar-refractivity contribution in [1.82, 2.24) is 0 Å². The summed E-state index contributed by atoms with van der Waals surface area (Å²) in [7, 11) is 0. The van der Waals surface area contributed by atoms with Crippen LogP contribution in [-0.2, 0) is 9.59 Å². The van der Waals surface area contributed by atoms with Crippen LogP contribution in [-0.4, -0.2) is 44.3 Å². The van der Waals surface area contributed by atoms with Crippen LogP contribution in [0.1, 0.15) is 56.5 Å². The molecule has 0 aliphatic heterocycles. The van der Waals surface area contributed by atoms with Crippen LogP contribution in [0.4, 0.5) is 0 Å². The van der Waals surface area contributed by atoms with Crippen molar-refractivity contribution in [1.29, 1.82) is 0 Å². The van der Waals surface area contributed by atoms with Gasteiger partial charge in [-0.25, -0.2) is 9.59 Å². The molecule has 0 saturated heterocycles. The minimum Gasteiger partial charge on any atom is -0.481 e. The van der Waals surface area contributed by atoms with Crippen molar-refractivity contribution in [3.63, 3.8) is 0 Å². The number of rotatable bonds is 4. The number of fused-ring (bicyclic) bond motifs is 1. The maximum atomic E-state index is 11.4. The molecule has 8 nitrogen and oxygen atoms in total. The van der Waals surface area contributed by atoms with Gasteiger partial charge in [-0.05, 0) is 36.1 Å². The number of carboxylic acids is 4. The second-order valence-corrected chi connectivity index (χ2v) is 4.96. The lowest BCUT2D eigenvalue weighted by atomic mass is 9.72. The van der Waals surface area contributed by atoms with E-state index in [1.807, 2.05) is 0 Å². The second-order valence-electron chi connectivity index (χ2n) is 4.96. The van der Waals surface area contributed by atoms with Crippen LogP contribution < -0.4 is 0 Å². The highest BCUT2D eigenvalue weighted by Gasteiger charge is 2.40. The molecule has 4 N–H and O–H groups in total. The molecule has 2 rings (SSSR count). The number of benzene rings is 1. The van der Waals surface area contributed by atoms with Gasteiger partial charge in [0.05, 0.1) is 23.0 Å². The van der Waals surface area contributed by atoms with Crippen LogP contribution >= 0.6 is 0 Å². The highest BCUT2D eigenvalue weighted by Crippen LogP contribution is 2.43. The molecule has 0 amide bonds. The average molecular weight is 308 g/mol. The lowest BCUT2D eigenvalue weighted by Crippen LogP contribution is -2.29. The van der Waals surface area contributed by atoms with Crippen molar-refractivity contribution in [2.45, 2.75) is 24.7 Å². The summed E-state index contributed by atoms with van der Waals surface area (Å²) in [5, 5.41) is 36.9. The number of aliphatic carboxylic acids is 2. The van der Waals surface area contributed by atoms with Gasteiger partial charge in [0.2, 0.25) is 0 Å². The van der Waals surface area contributed by atoms with Crippen LogP contribution in [0.15, 0.2) is 12.1 Å². The first-order valence-corrected chi connectivity index (χ1v) is 6.34. The van der Waals surface area contributed by atoms with E-state index in [1.54, 1.807) is 0 Å². The smallest absolute Gasteiger partial charge is 0.336 e. The van der Waals surface area contributed by atoms with Gasteiger partial charge in [0.1, 0.15) is 0 Å². The van der Waals surface area contributed by atoms with Crippen molar-refractivity contribution < 1.29 is 39.6 Å². The lowest BCUT2D eigenvalue weighted by Gasteiger charge is -2.29. The van der Waals surface area contributed by atoms with E-state index in [0.29, 0.717) is 0 Å². The van der Waals surface area contributed by atoms with Gasteiger partial charge in [-0.1, -0.05) is 0 Å². The summed E-state index contributed by atoms with van der Waals surface area (Å²) in [6, 6.07) is 2.01. The van der Waals surface area contributed by atoms with Gasteiger partial charge in [-0.2, -0.15) is 0 Å². The third-order valence-electron chi connectivity index (χ3n) is 3.79. The minimum absolute atomic E-state index is 0.0668. The number of hydrogen-bond donors (Lipinski definition) is 4. The molecule has 2 unspecified atom stereocenters. The standard InChI is InChI=1S/C14H12O8/c15-11(16)5-1-2-6(12(17)18)10-8(14(21)22)4-3-7(9(5)10)13(19)20/h1-2,7-8H,3-4H2,(H,15,16)(H,17,18)(H,19,20)(H,21,22). The molecule has 2 atom stereocenters. The van der Waals surface area contributed by atoms with E-state index >= 15 is 0 Å². The molecule has 0 spiro atoms. The highest BCUT2D eigenvalue weighted by molar-refractivity contribution is 5.99. The Kier molecular flexibility index (Phi) is 3.85. The fourth-order valence-electron chi connectivity index (χ4n) is 2.88. The maximum absolute atomic E-state index is 11.4. The van der Waals surface area contributed by atoms with E-state index in [4.69, 9.17) is 0 Å². The van der Waals surface area contributed by atoms with Gasteiger partial charge in [-0.15, -0.1) is 0 Å². The second kappa shape index (κ2) is 5.47. The van der Waals surface area contributed by atoms with Gasteiger partial charge >= 0.3 is 23.9 Å². The monoisotopic (exact) mass is 308 g/mol. The molecule has 1 aromatic rings. The lowest BCUT2D eigenvalue weighted by molar-refractivity contribution is -0.142. The normalized spacial score (nSPS) is 20.0. The molecule has 22 heavy (non-hydrogen) atoms. The van der Waals surface area contributed by atoms with Gasteiger partial charge in [0.25, 0.3) is 0 Å². The predicted molar refractivity (Wildman–Crippen MR) is 70.3 cm³/mol. The Morgan fingerprint density at radius 1 is 0.727 bits per heavy atom. The van der Waals surface area contributed by atoms with Crippen molar-refractivity contribution in [2.24, 2.45) is 0 Å². The van der Waals surface area contributed by atoms with E-state index in [-0.39, 0.29) is 35.1 Å². The maximum Gasteiger partial charge on any atom is 0.336 e. The number of aromatic carboxylic acids is 2. The Balaban J connectivity index is 2.86. The molecular weight excluding hydrogens is 296 g/mol. The largest absolute Gasteiger partial charge is 0.481 e. The van der Waals surface area contributed by atoms with Crippen LogP contribution in [0.5, 0.6) is 0 Å². The Morgan fingerprint density at radius 3 is 1.27 bits per heavy atom. The third-order valence-corrected chi connectivity index (χ3v) is 3.79. The van der Waals surface area contributed by atoms with Crippen LogP contribution in [0.25, 0.3) is 0 Å². The Morgan fingerprint density at radius 2 is 1.05 bits per heavy atom. The minimum atomic E-state index is -1.43. The molecular formula is C14H12O8. The average Bonchev–Trinajstić information content (AvgIpc) is 2.43. The summed E-state index contributed by atoms with van der Waals surface area (Å²) in [6.45, 7) is 0. The Hall–Kier alpha value is -2.90. The van der Waals surface area contributed by atoms with Gasteiger partial charge < -0.3 is 20.4 Å². The molecule has 1 aliphatic carbocycles. The zero-order chi connectivity index (χ0) is 16.6. The Bertz CT molecular complexity index is 631. The van der Waals surface area contributed by atoms with Crippen molar-refractivity contribution in [3.8, 4) is 0 Å². The number of carbonyl (C=O) groups is 4. The molecule has 8 heteroatoms. The Labute approximate surface area is 123 Å². The van der Waals surface area contributed by atoms with E-state index in [1.165, 1.54) is 0 Å². The van der Waals surface area contributed by atoms with Crippen molar-refractivity contribution in [2.75, 3.05) is 0 Å². The molecule has 1 aromatic carbocycles. The third kappa shape index (κ3) is 2.39. The molecule has 116 valence electrons. The summed E-state index contributed by atoms with van der Waals surface area (Å²) in [6.07, 6.45) is -0.134. The summed E-state index contributed by atoms with van der Waals surface area (Å²) >= 11 is 0. The molecule has 0 radical (unpaired) electrons. The van der Waals surface area contributed by atoms with Crippen molar-refractivity contribution >= 4 is 23.9 Å². The van der Waals surface area contributed by atoms with Gasteiger partial charge in [0, 0.05) is 0 Å². The SMILES string of the molecule is O=C(O)c1ccc(C(=O)O)c2c1C(C(=O)O)CCC2C(=O)O. The molecule has 0 bridgehead atoms. The topological polar surface area (TPSA) is 149 Å². The highest BCUT2D eigenvalue weighted by atomic mass is 16.4. The fraction of sp³-hybridized carbons (Fsp3) is 0.286. The summed E-state index contributed by atoms with van der Waals surface area (Å²) in [5.74, 6) is -7.95. The van der Waals surface area contributed by atoms with Gasteiger partial charge in [-0.3, -0.25) is 9.59 Å².